The lowest BCUT2D eigenvalue weighted by atomic mass is 9.94. The molecule has 0 amide bonds. The summed E-state index contributed by atoms with van der Waals surface area (Å²) in [6.07, 6.45) is 5.35. The first-order chi connectivity index (χ1) is 10.1. The molecule has 0 aromatic heterocycles. The van der Waals surface area contributed by atoms with Gasteiger partial charge in [0.25, 0.3) is 0 Å². The summed E-state index contributed by atoms with van der Waals surface area (Å²) in [5.74, 6) is 0.439. The van der Waals surface area contributed by atoms with Crippen molar-refractivity contribution >= 4 is 5.78 Å². The van der Waals surface area contributed by atoms with Gasteiger partial charge in [0.2, 0.25) is 0 Å². The maximum atomic E-state index is 12.4. The standard InChI is InChI=1S/C16H23FO4/c1-12(2)16-11-14(18)13(5-7-17)15(21-16)6-10-20-9-4-8-19-3/h5-7,10,12,16H,4,8-9,11H2,1-3H3/b7-5+,10-6+. The van der Waals surface area contributed by atoms with Gasteiger partial charge in [0.05, 0.1) is 24.8 Å². The predicted molar refractivity (Wildman–Crippen MR) is 78.2 cm³/mol. The van der Waals surface area contributed by atoms with Gasteiger partial charge in [0.15, 0.2) is 5.78 Å². The van der Waals surface area contributed by atoms with Crippen molar-refractivity contribution < 1.29 is 23.4 Å². The Kier molecular flexibility index (Phi) is 7.75. The second kappa shape index (κ2) is 9.34. The zero-order chi connectivity index (χ0) is 15.7. The van der Waals surface area contributed by atoms with E-state index in [1.54, 1.807) is 13.2 Å². The van der Waals surface area contributed by atoms with Gasteiger partial charge in [0, 0.05) is 32.6 Å². The molecule has 0 saturated carbocycles. The van der Waals surface area contributed by atoms with Crippen LogP contribution in [0.3, 0.4) is 0 Å². The van der Waals surface area contributed by atoms with Crippen molar-refractivity contribution in [2.24, 2.45) is 5.92 Å². The Balaban J connectivity index is 2.73. The molecule has 1 atom stereocenters. The molecule has 0 radical (unpaired) electrons. The van der Waals surface area contributed by atoms with Crippen molar-refractivity contribution in [3.8, 4) is 0 Å². The topological polar surface area (TPSA) is 44.8 Å². The van der Waals surface area contributed by atoms with Crippen molar-refractivity contribution in [1.82, 2.24) is 0 Å². The third-order valence-electron chi connectivity index (χ3n) is 3.13. The molecule has 5 heteroatoms. The largest absolute Gasteiger partial charge is 0.501 e. The van der Waals surface area contributed by atoms with E-state index in [0.717, 1.165) is 12.5 Å². The number of hydrogen-bond acceptors (Lipinski definition) is 4. The average molecular weight is 298 g/mol. The summed E-state index contributed by atoms with van der Waals surface area (Å²) in [6.45, 7) is 5.09. The van der Waals surface area contributed by atoms with Crippen molar-refractivity contribution in [3.05, 3.63) is 36.1 Å². The van der Waals surface area contributed by atoms with Crippen molar-refractivity contribution in [3.63, 3.8) is 0 Å². The summed E-state index contributed by atoms with van der Waals surface area (Å²) in [7, 11) is 1.63. The lowest BCUT2D eigenvalue weighted by Crippen LogP contribution is -2.29. The molecule has 1 aliphatic heterocycles. The molecular formula is C16H23FO4. The maximum absolute atomic E-state index is 12.4. The van der Waals surface area contributed by atoms with Crippen molar-refractivity contribution in [1.29, 1.82) is 0 Å². The van der Waals surface area contributed by atoms with Crippen LogP contribution in [0.5, 0.6) is 0 Å². The number of halogens is 1. The molecule has 0 aromatic rings. The third-order valence-corrected chi connectivity index (χ3v) is 3.13. The molecule has 0 bridgehead atoms. The lowest BCUT2D eigenvalue weighted by molar-refractivity contribution is -0.120. The second-order valence-corrected chi connectivity index (χ2v) is 5.12. The first kappa shape index (κ1) is 17.4. The van der Waals surface area contributed by atoms with Gasteiger partial charge in [-0.05, 0) is 12.0 Å². The monoisotopic (exact) mass is 298 g/mol. The number of methoxy groups -OCH3 is 1. The van der Waals surface area contributed by atoms with E-state index in [2.05, 4.69) is 0 Å². The van der Waals surface area contributed by atoms with Crippen molar-refractivity contribution in [2.45, 2.75) is 32.8 Å². The Morgan fingerprint density at radius 2 is 2.14 bits per heavy atom. The van der Waals surface area contributed by atoms with Gasteiger partial charge in [-0.15, -0.1) is 0 Å². The number of carbonyl (C=O) groups excluding carboxylic acids is 1. The van der Waals surface area contributed by atoms with Gasteiger partial charge in [-0.25, -0.2) is 4.39 Å². The second-order valence-electron chi connectivity index (χ2n) is 5.12. The smallest absolute Gasteiger partial charge is 0.170 e. The van der Waals surface area contributed by atoms with E-state index in [-0.39, 0.29) is 29.8 Å². The zero-order valence-corrected chi connectivity index (χ0v) is 12.8. The highest BCUT2D eigenvalue weighted by molar-refractivity contribution is 5.99. The van der Waals surface area contributed by atoms with Gasteiger partial charge in [0.1, 0.15) is 11.9 Å². The zero-order valence-electron chi connectivity index (χ0n) is 12.8. The molecule has 4 nitrogen and oxygen atoms in total. The van der Waals surface area contributed by atoms with Gasteiger partial charge < -0.3 is 14.2 Å². The van der Waals surface area contributed by atoms with Gasteiger partial charge in [-0.2, -0.15) is 0 Å². The van der Waals surface area contributed by atoms with E-state index in [1.165, 1.54) is 6.26 Å². The minimum absolute atomic E-state index is 0.118. The van der Waals surface area contributed by atoms with Crippen LogP contribution in [-0.4, -0.2) is 32.2 Å². The summed E-state index contributed by atoms with van der Waals surface area (Å²) < 4.78 is 28.4. The van der Waals surface area contributed by atoms with Crippen molar-refractivity contribution in [2.75, 3.05) is 20.3 Å². The van der Waals surface area contributed by atoms with E-state index in [1.807, 2.05) is 13.8 Å². The summed E-state index contributed by atoms with van der Waals surface area (Å²) in [4.78, 5) is 12.0. The van der Waals surface area contributed by atoms with E-state index in [0.29, 0.717) is 25.3 Å². The minimum Gasteiger partial charge on any atom is -0.501 e. The number of ketones is 1. The molecule has 0 N–H and O–H groups in total. The molecule has 0 spiro atoms. The maximum Gasteiger partial charge on any atom is 0.170 e. The number of Topliss-reactive ketones (excluding diaryl/α,β-unsaturated/α-hetero) is 1. The molecule has 1 aliphatic rings. The molecule has 21 heavy (non-hydrogen) atoms. The summed E-state index contributed by atoms with van der Waals surface area (Å²) >= 11 is 0. The molecule has 1 rings (SSSR count). The lowest BCUT2D eigenvalue weighted by Gasteiger charge is -2.27. The summed E-state index contributed by atoms with van der Waals surface area (Å²) in [6, 6.07) is 0. The van der Waals surface area contributed by atoms with Crippen LogP contribution in [0.15, 0.2) is 36.1 Å². The first-order valence-electron chi connectivity index (χ1n) is 7.08. The Morgan fingerprint density at radius 3 is 2.76 bits per heavy atom. The minimum atomic E-state index is -0.192. The number of carbonyl (C=O) groups is 1. The number of allylic oxidation sites excluding steroid dienone is 3. The van der Waals surface area contributed by atoms with Crippen LogP contribution in [0.25, 0.3) is 0 Å². The van der Waals surface area contributed by atoms with E-state index < -0.39 is 0 Å². The van der Waals surface area contributed by atoms with E-state index in [4.69, 9.17) is 14.2 Å². The van der Waals surface area contributed by atoms with E-state index in [9.17, 15) is 9.18 Å². The molecule has 0 saturated heterocycles. The molecule has 0 fully saturated rings. The molecule has 1 unspecified atom stereocenters. The van der Waals surface area contributed by atoms with Crippen LogP contribution in [0.2, 0.25) is 0 Å². The fraction of sp³-hybridized carbons (Fsp3) is 0.562. The quantitative estimate of drug-likeness (QED) is 0.509. The van der Waals surface area contributed by atoms with Crippen LogP contribution < -0.4 is 0 Å². The van der Waals surface area contributed by atoms with Gasteiger partial charge in [-0.1, -0.05) is 13.8 Å². The normalized spacial score (nSPS) is 19.9. The number of ether oxygens (including phenoxy) is 3. The molecule has 0 aromatic carbocycles. The highest BCUT2D eigenvalue weighted by atomic mass is 19.1. The van der Waals surface area contributed by atoms with Crippen LogP contribution in [0.4, 0.5) is 4.39 Å². The Morgan fingerprint density at radius 1 is 1.38 bits per heavy atom. The molecule has 1 heterocycles. The number of hydrogen-bond donors (Lipinski definition) is 0. The molecular weight excluding hydrogens is 275 g/mol. The van der Waals surface area contributed by atoms with Crippen LogP contribution in [-0.2, 0) is 19.0 Å². The molecule has 118 valence electrons. The summed E-state index contributed by atoms with van der Waals surface area (Å²) in [5.41, 5.74) is 0.242. The average Bonchev–Trinajstić information content (AvgIpc) is 2.45. The fourth-order valence-corrected chi connectivity index (χ4v) is 1.90. The third kappa shape index (κ3) is 5.71. The highest BCUT2D eigenvalue weighted by Crippen LogP contribution is 2.27. The first-order valence-corrected chi connectivity index (χ1v) is 7.08. The number of rotatable bonds is 8. The Bertz CT molecular complexity index is 424. The molecule has 0 aliphatic carbocycles. The van der Waals surface area contributed by atoms with Crippen LogP contribution >= 0.6 is 0 Å². The Labute approximate surface area is 125 Å². The van der Waals surface area contributed by atoms with Gasteiger partial charge >= 0.3 is 0 Å². The highest BCUT2D eigenvalue weighted by Gasteiger charge is 2.28. The van der Waals surface area contributed by atoms with E-state index >= 15 is 0 Å². The van der Waals surface area contributed by atoms with Crippen LogP contribution in [0.1, 0.15) is 26.7 Å². The van der Waals surface area contributed by atoms with Crippen LogP contribution in [0, 0.1) is 5.92 Å². The fourth-order valence-electron chi connectivity index (χ4n) is 1.90. The Hall–Kier alpha value is -1.62. The predicted octanol–water partition coefficient (Wildman–Crippen LogP) is 3.30. The summed E-state index contributed by atoms with van der Waals surface area (Å²) in [5, 5.41) is 0. The SMILES string of the molecule is COCCCO/C=C/C1=C(/C=C/F)C(=O)CC(C(C)C)O1. The van der Waals surface area contributed by atoms with Gasteiger partial charge in [-0.3, -0.25) is 4.79 Å².